The van der Waals surface area contributed by atoms with E-state index in [-0.39, 0.29) is 23.8 Å². The maximum atomic E-state index is 13.7. The number of hydrogen-bond acceptors (Lipinski definition) is 7. The number of hydrogen-bond donors (Lipinski definition) is 1. The molecule has 2 aliphatic rings. The summed E-state index contributed by atoms with van der Waals surface area (Å²) in [7, 11) is -4.06. The van der Waals surface area contributed by atoms with Gasteiger partial charge in [0, 0.05) is 38.8 Å². The van der Waals surface area contributed by atoms with Gasteiger partial charge in [-0.2, -0.15) is 4.31 Å². The van der Waals surface area contributed by atoms with Crippen LogP contribution in [0.5, 0.6) is 0 Å². The van der Waals surface area contributed by atoms with Crippen LogP contribution in [0.1, 0.15) is 18.9 Å². The van der Waals surface area contributed by atoms with Gasteiger partial charge >= 0.3 is 0 Å². The van der Waals surface area contributed by atoms with Crippen LogP contribution in [0.15, 0.2) is 53.4 Å². The van der Waals surface area contributed by atoms with Crippen molar-refractivity contribution < 1.29 is 27.5 Å². The van der Waals surface area contributed by atoms with Gasteiger partial charge in [-0.15, -0.1) is 0 Å². The molecule has 2 saturated heterocycles. The number of imide groups is 1. The van der Waals surface area contributed by atoms with E-state index in [9.17, 15) is 22.8 Å². The zero-order valence-corrected chi connectivity index (χ0v) is 21.2. The number of carbonyl (C=O) groups excluding carboxylic acids is 3. The van der Waals surface area contributed by atoms with E-state index in [0.717, 1.165) is 10.5 Å². The highest BCUT2D eigenvalue weighted by Crippen LogP contribution is 2.30. The molecule has 0 spiro atoms. The Morgan fingerprint density at radius 2 is 1.69 bits per heavy atom. The van der Waals surface area contributed by atoms with Crippen LogP contribution in [0.25, 0.3) is 0 Å². The third-order valence-corrected chi connectivity index (χ3v) is 8.21. The monoisotopic (exact) mass is 514 g/mol. The highest BCUT2D eigenvalue weighted by Gasteiger charge is 2.47. The van der Waals surface area contributed by atoms with Gasteiger partial charge in [0.1, 0.15) is 6.04 Å². The standard InChI is InChI=1S/C25H30N4O6S/c1-18-3-9-22(10-4-18)36(33,34)28(12-11-27-13-15-35-16-14-27)23-17-24(31)29(25(23)32)21-7-5-20(6-8-21)26-19(2)30/h3-10,23H,11-17H2,1-2H3,(H,26,30). The lowest BCUT2D eigenvalue weighted by molar-refractivity contribution is -0.122. The second-order valence-electron chi connectivity index (χ2n) is 8.90. The Kier molecular flexibility index (Phi) is 7.84. The van der Waals surface area contributed by atoms with Crippen LogP contribution in [0.4, 0.5) is 11.4 Å². The number of anilines is 2. The first kappa shape index (κ1) is 26.0. The summed E-state index contributed by atoms with van der Waals surface area (Å²) >= 11 is 0. The molecule has 1 unspecified atom stereocenters. The quantitative estimate of drug-likeness (QED) is 0.532. The van der Waals surface area contributed by atoms with Gasteiger partial charge < -0.3 is 10.1 Å². The highest BCUT2D eigenvalue weighted by molar-refractivity contribution is 7.89. The third kappa shape index (κ3) is 5.65. The summed E-state index contributed by atoms with van der Waals surface area (Å²) in [5.41, 5.74) is 1.76. The van der Waals surface area contributed by atoms with Crippen molar-refractivity contribution in [1.29, 1.82) is 0 Å². The molecule has 4 rings (SSSR count). The molecule has 1 atom stereocenters. The molecular formula is C25H30N4O6S. The number of nitrogens with one attached hydrogen (secondary N) is 1. The largest absolute Gasteiger partial charge is 0.379 e. The summed E-state index contributed by atoms with van der Waals surface area (Å²) in [5.74, 6) is -1.31. The summed E-state index contributed by atoms with van der Waals surface area (Å²) in [4.78, 5) is 40.9. The zero-order valence-electron chi connectivity index (χ0n) is 20.3. The first-order valence-electron chi connectivity index (χ1n) is 11.8. The number of benzene rings is 2. The van der Waals surface area contributed by atoms with Crippen LogP contribution in [0.3, 0.4) is 0 Å². The molecule has 3 amide bonds. The first-order chi connectivity index (χ1) is 17.2. The molecule has 2 fully saturated rings. The lowest BCUT2D eigenvalue weighted by Gasteiger charge is -2.31. The average Bonchev–Trinajstić information content (AvgIpc) is 3.13. The maximum absolute atomic E-state index is 13.7. The smallest absolute Gasteiger partial charge is 0.252 e. The van der Waals surface area contributed by atoms with Gasteiger partial charge in [0.15, 0.2) is 0 Å². The first-order valence-corrected chi connectivity index (χ1v) is 13.2. The Morgan fingerprint density at radius 3 is 2.31 bits per heavy atom. The van der Waals surface area contributed by atoms with Gasteiger partial charge in [-0.3, -0.25) is 19.3 Å². The molecular weight excluding hydrogens is 484 g/mol. The van der Waals surface area contributed by atoms with Gasteiger partial charge in [-0.25, -0.2) is 13.3 Å². The lowest BCUT2D eigenvalue weighted by Crippen LogP contribution is -2.49. The number of carbonyl (C=O) groups is 3. The molecule has 11 heteroatoms. The van der Waals surface area contributed by atoms with Crippen LogP contribution in [0.2, 0.25) is 0 Å². The van der Waals surface area contributed by atoms with Crippen LogP contribution >= 0.6 is 0 Å². The molecule has 0 radical (unpaired) electrons. The topological polar surface area (TPSA) is 116 Å². The predicted molar refractivity (Wildman–Crippen MR) is 134 cm³/mol. The summed E-state index contributed by atoms with van der Waals surface area (Å²) in [6.07, 6.45) is -0.250. The van der Waals surface area contributed by atoms with E-state index < -0.39 is 27.9 Å². The fourth-order valence-electron chi connectivity index (χ4n) is 4.36. The van der Waals surface area contributed by atoms with Crippen molar-refractivity contribution in [1.82, 2.24) is 9.21 Å². The number of amides is 3. The van der Waals surface area contributed by atoms with Gasteiger partial charge in [0.05, 0.1) is 30.2 Å². The van der Waals surface area contributed by atoms with E-state index in [1.54, 1.807) is 36.4 Å². The highest BCUT2D eigenvalue weighted by atomic mass is 32.2. The lowest BCUT2D eigenvalue weighted by atomic mass is 10.2. The molecule has 0 aliphatic carbocycles. The number of aryl methyl sites for hydroxylation is 1. The van der Waals surface area contributed by atoms with Crippen LogP contribution in [-0.4, -0.2) is 80.8 Å². The van der Waals surface area contributed by atoms with Crippen LogP contribution in [-0.2, 0) is 29.1 Å². The summed E-state index contributed by atoms with van der Waals surface area (Å²) in [5, 5.41) is 2.63. The van der Waals surface area contributed by atoms with Gasteiger partial charge in [-0.05, 0) is 43.3 Å². The second-order valence-corrected chi connectivity index (χ2v) is 10.8. The summed E-state index contributed by atoms with van der Waals surface area (Å²) in [6, 6.07) is 11.6. The van der Waals surface area contributed by atoms with Crippen molar-refractivity contribution in [3.05, 3.63) is 54.1 Å². The second kappa shape index (κ2) is 10.9. The fraction of sp³-hybridized carbons (Fsp3) is 0.400. The van der Waals surface area contributed by atoms with Crippen molar-refractivity contribution in [3.8, 4) is 0 Å². The van der Waals surface area contributed by atoms with E-state index in [1.165, 1.54) is 23.4 Å². The molecule has 2 heterocycles. The maximum Gasteiger partial charge on any atom is 0.252 e. The van der Waals surface area contributed by atoms with Crippen molar-refractivity contribution in [3.63, 3.8) is 0 Å². The van der Waals surface area contributed by atoms with Crippen molar-refractivity contribution in [2.24, 2.45) is 0 Å². The summed E-state index contributed by atoms with van der Waals surface area (Å²) in [6.45, 7) is 6.19. The van der Waals surface area contributed by atoms with Crippen molar-refractivity contribution >= 4 is 39.1 Å². The molecule has 36 heavy (non-hydrogen) atoms. The van der Waals surface area contributed by atoms with E-state index >= 15 is 0 Å². The van der Waals surface area contributed by atoms with Crippen LogP contribution < -0.4 is 10.2 Å². The minimum absolute atomic E-state index is 0.0647. The zero-order chi connectivity index (χ0) is 25.9. The Labute approximate surface area is 210 Å². The minimum atomic E-state index is -4.06. The van der Waals surface area contributed by atoms with E-state index in [4.69, 9.17) is 4.74 Å². The number of morpholine rings is 1. The molecule has 192 valence electrons. The number of sulfonamides is 1. The van der Waals surface area contributed by atoms with Crippen molar-refractivity contribution in [2.45, 2.75) is 31.2 Å². The van der Waals surface area contributed by atoms with Gasteiger partial charge in [0.25, 0.3) is 5.91 Å². The Morgan fingerprint density at radius 1 is 1.06 bits per heavy atom. The molecule has 0 saturated carbocycles. The average molecular weight is 515 g/mol. The Balaban J connectivity index is 1.61. The molecule has 2 aromatic rings. The molecule has 1 N–H and O–H groups in total. The van der Waals surface area contributed by atoms with E-state index in [1.807, 2.05) is 6.92 Å². The van der Waals surface area contributed by atoms with Crippen LogP contribution in [0, 0.1) is 6.92 Å². The number of rotatable bonds is 8. The summed E-state index contributed by atoms with van der Waals surface area (Å²) < 4.78 is 34.0. The molecule has 0 bridgehead atoms. The van der Waals surface area contributed by atoms with Gasteiger partial charge in [0.2, 0.25) is 21.8 Å². The molecule has 10 nitrogen and oxygen atoms in total. The molecule has 2 aromatic carbocycles. The predicted octanol–water partition coefficient (Wildman–Crippen LogP) is 1.61. The van der Waals surface area contributed by atoms with Crippen molar-refractivity contribution in [2.75, 3.05) is 49.6 Å². The van der Waals surface area contributed by atoms with E-state index in [0.29, 0.717) is 44.2 Å². The Hall–Kier alpha value is -3.12. The SMILES string of the molecule is CC(=O)Nc1ccc(N2C(=O)CC(N(CCN3CCOCC3)S(=O)(=O)c3ccc(C)cc3)C2=O)cc1. The minimum Gasteiger partial charge on any atom is -0.379 e. The normalized spacial score (nSPS) is 19.2. The fourth-order valence-corrected chi connectivity index (χ4v) is 5.94. The third-order valence-electron chi connectivity index (χ3n) is 6.28. The number of nitrogens with zero attached hydrogens (tertiary/aromatic N) is 3. The van der Waals surface area contributed by atoms with E-state index in [2.05, 4.69) is 10.2 Å². The van der Waals surface area contributed by atoms with Gasteiger partial charge in [-0.1, -0.05) is 17.7 Å². The molecule has 0 aromatic heterocycles. The Bertz CT molecular complexity index is 1220. The number of ether oxygens (including phenoxy) is 1. The molecule has 2 aliphatic heterocycles.